The molecule has 0 bridgehead atoms. The molecule has 4 rings (SSSR count). The maximum atomic E-state index is 2.30. The third kappa shape index (κ3) is 3.02. The van der Waals surface area contributed by atoms with Crippen LogP contribution in [0.3, 0.4) is 0 Å². The number of benzene rings is 4. The Labute approximate surface area is 158 Å². The molecule has 0 fully saturated rings. The van der Waals surface area contributed by atoms with Crippen molar-refractivity contribution in [2.45, 2.75) is 0 Å². The van der Waals surface area contributed by atoms with Crippen molar-refractivity contribution in [3.05, 3.63) is 92.1 Å². The molecule has 0 saturated heterocycles. The fourth-order valence-electron chi connectivity index (χ4n) is 2.69. The second kappa shape index (κ2) is 7.02. The molecule has 0 spiro atoms. The normalized spacial score (nSPS) is 10.7. The van der Waals surface area contributed by atoms with Gasteiger partial charge in [-0.05, 0) is 0 Å². The van der Waals surface area contributed by atoms with E-state index >= 15 is 0 Å². The van der Waals surface area contributed by atoms with Gasteiger partial charge >= 0.3 is 135 Å². The molecular weight excluding hydrogens is 489 g/mol. The van der Waals surface area contributed by atoms with E-state index in [-0.39, 0.29) is 45.6 Å². The van der Waals surface area contributed by atoms with Crippen LogP contribution in [0.5, 0.6) is 0 Å². The molecule has 0 aliphatic carbocycles. The van der Waals surface area contributed by atoms with E-state index in [4.69, 9.17) is 0 Å². The van der Waals surface area contributed by atoms with Crippen molar-refractivity contribution in [2.75, 3.05) is 0 Å². The first kappa shape index (κ1) is 15.8. The van der Waals surface area contributed by atoms with Crippen LogP contribution in [0.15, 0.2) is 84.9 Å². The summed E-state index contributed by atoms with van der Waals surface area (Å²) in [7, 11) is 0. The van der Waals surface area contributed by atoms with Crippen LogP contribution in [0, 0.1) is 7.14 Å². The van der Waals surface area contributed by atoms with Gasteiger partial charge in [0.25, 0.3) is 0 Å². The summed E-state index contributed by atoms with van der Waals surface area (Å²) in [5.74, 6) is 0. The first-order valence-electron chi connectivity index (χ1n) is 7.05. The standard InChI is InChI=1S/C20H15I.Sb/c1-3-11-17-15(7-1)9-5-13-19(17)21-20-14-6-10-16-8-2-4-12-18(16)20;/h1-14,21H;. The quantitative estimate of drug-likeness (QED) is 0.255. The van der Waals surface area contributed by atoms with E-state index in [0.29, 0.717) is 0 Å². The van der Waals surface area contributed by atoms with Gasteiger partial charge in [0, 0.05) is 24.4 Å². The van der Waals surface area contributed by atoms with Crippen LogP contribution in [0.2, 0.25) is 0 Å². The van der Waals surface area contributed by atoms with Crippen LogP contribution in [0.1, 0.15) is 0 Å². The average Bonchev–Trinajstić information content (AvgIpc) is 2.56. The van der Waals surface area contributed by atoms with Crippen LogP contribution in [-0.4, -0.2) is 24.4 Å². The van der Waals surface area contributed by atoms with Crippen molar-refractivity contribution in [1.82, 2.24) is 0 Å². The van der Waals surface area contributed by atoms with Crippen LogP contribution in [0.4, 0.5) is 0 Å². The number of rotatable bonds is 2. The summed E-state index contributed by atoms with van der Waals surface area (Å²) in [5.41, 5.74) is 0. The van der Waals surface area contributed by atoms with Crippen LogP contribution < -0.4 is 0 Å². The van der Waals surface area contributed by atoms with Crippen molar-refractivity contribution in [2.24, 2.45) is 0 Å². The molecule has 2 heteroatoms. The number of hydrogen-bond acceptors (Lipinski definition) is 0. The molecule has 22 heavy (non-hydrogen) atoms. The predicted molar refractivity (Wildman–Crippen MR) is 106 cm³/mol. The van der Waals surface area contributed by atoms with Crippen molar-refractivity contribution in [1.29, 1.82) is 0 Å². The minimum absolute atomic E-state index is 0. The number of hydrogen-bond donors (Lipinski definition) is 0. The van der Waals surface area contributed by atoms with Crippen LogP contribution >= 0.6 is 21.2 Å². The van der Waals surface area contributed by atoms with E-state index in [2.05, 4.69) is 84.9 Å². The Morgan fingerprint density at radius 1 is 0.455 bits per heavy atom. The first-order chi connectivity index (χ1) is 10.4. The molecule has 0 unspecified atom stereocenters. The molecule has 0 amide bonds. The molecular formula is C20H15ISb. The zero-order chi connectivity index (χ0) is 14.1. The van der Waals surface area contributed by atoms with Gasteiger partial charge in [0.2, 0.25) is 0 Å². The molecule has 0 aliphatic rings. The van der Waals surface area contributed by atoms with Gasteiger partial charge in [0.05, 0.1) is 0 Å². The Hall–Kier alpha value is -1.05. The van der Waals surface area contributed by atoms with E-state index in [0.717, 1.165) is 0 Å². The van der Waals surface area contributed by atoms with Gasteiger partial charge in [-0.3, -0.25) is 0 Å². The van der Waals surface area contributed by atoms with E-state index in [1.165, 1.54) is 28.7 Å². The minimum atomic E-state index is -0.385. The summed E-state index contributed by atoms with van der Waals surface area (Å²) < 4.78 is 3.05. The molecule has 0 heterocycles. The van der Waals surface area contributed by atoms with E-state index in [9.17, 15) is 0 Å². The summed E-state index contributed by atoms with van der Waals surface area (Å²) in [6.07, 6.45) is 0. The fourth-order valence-corrected chi connectivity index (χ4v) is 5.89. The van der Waals surface area contributed by atoms with Crippen molar-refractivity contribution < 1.29 is 0 Å². The summed E-state index contributed by atoms with van der Waals surface area (Å²) in [6.45, 7) is 0. The monoisotopic (exact) mass is 503 g/mol. The van der Waals surface area contributed by atoms with Crippen molar-refractivity contribution in [3.8, 4) is 0 Å². The summed E-state index contributed by atoms with van der Waals surface area (Å²) in [5, 5.41) is 5.52. The van der Waals surface area contributed by atoms with Gasteiger partial charge < -0.3 is 0 Å². The molecule has 0 nitrogen and oxygen atoms in total. The fraction of sp³-hybridized carbons (Fsp3) is 0. The van der Waals surface area contributed by atoms with Crippen molar-refractivity contribution in [3.63, 3.8) is 0 Å². The van der Waals surface area contributed by atoms with Gasteiger partial charge in [-0.1, -0.05) is 0 Å². The Morgan fingerprint density at radius 3 is 1.36 bits per heavy atom. The second-order valence-electron chi connectivity index (χ2n) is 5.06. The second-order valence-corrected chi connectivity index (χ2v) is 8.15. The van der Waals surface area contributed by atoms with Gasteiger partial charge in [-0.25, -0.2) is 0 Å². The molecule has 4 aromatic carbocycles. The van der Waals surface area contributed by atoms with E-state index in [1.807, 2.05) is 0 Å². The Morgan fingerprint density at radius 2 is 0.864 bits per heavy atom. The van der Waals surface area contributed by atoms with Crippen LogP contribution in [0.25, 0.3) is 21.5 Å². The topological polar surface area (TPSA) is 0 Å². The van der Waals surface area contributed by atoms with E-state index in [1.54, 1.807) is 0 Å². The van der Waals surface area contributed by atoms with Gasteiger partial charge in [-0.2, -0.15) is 0 Å². The molecule has 0 aromatic heterocycles. The molecule has 4 aromatic rings. The molecule has 0 N–H and O–H groups in total. The third-order valence-electron chi connectivity index (χ3n) is 3.72. The number of halogens is 1. The molecule has 107 valence electrons. The SMILES string of the molecule is [Sb].c1ccc2c([IH]c3cccc4ccccc34)cccc2c1. The molecule has 0 aliphatic heterocycles. The zero-order valence-corrected chi connectivity index (χ0v) is 16.8. The Balaban J connectivity index is 0.00000144. The zero-order valence-electron chi connectivity index (χ0n) is 11.9. The third-order valence-corrected chi connectivity index (χ3v) is 7.01. The Bertz CT molecular complexity index is 843. The predicted octanol–water partition coefficient (Wildman–Crippen LogP) is 5.35. The molecule has 0 saturated carbocycles. The summed E-state index contributed by atoms with van der Waals surface area (Å²) in [6, 6.07) is 30.8. The number of fused-ring (bicyclic) bond motifs is 2. The molecule has 3 radical (unpaired) electrons. The first-order valence-corrected chi connectivity index (χ1v) is 9.38. The molecule has 0 atom stereocenters. The summed E-state index contributed by atoms with van der Waals surface area (Å²) >= 11 is -0.385. The Kier molecular flexibility index (Phi) is 5.05. The maximum absolute atomic E-state index is 2.30. The van der Waals surface area contributed by atoms with Gasteiger partial charge in [-0.15, -0.1) is 0 Å². The van der Waals surface area contributed by atoms with Gasteiger partial charge in [0.1, 0.15) is 0 Å². The average molecular weight is 504 g/mol. The summed E-state index contributed by atoms with van der Waals surface area (Å²) in [4.78, 5) is 0. The van der Waals surface area contributed by atoms with Gasteiger partial charge in [0.15, 0.2) is 0 Å². The van der Waals surface area contributed by atoms with Crippen LogP contribution in [-0.2, 0) is 0 Å². The van der Waals surface area contributed by atoms with Crippen molar-refractivity contribution >= 4 is 67.2 Å². The van der Waals surface area contributed by atoms with E-state index < -0.39 is 0 Å².